The molecular formula is C15H11FO5. The molecule has 21 heavy (non-hydrogen) atoms. The highest BCUT2D eigenvalue weighted by molar-refractivity contribution is 6.00. The van der Waals surface area contributed by atoms with E-state index in [0.717, 1.165) is 18.2 Å². The first-order chi connectivity index (χ1) is 9.99. The van der Waals surface area contributed by atoms with Gasteiger partial charge in [-0.15, -0.1) is 0 Å². The summed E-state index contributed by atoms with van der Waals surface area (Å²) in [5.74, 6) is -3.03. The van der Waals surface area contributed by atoms with Crippen LogP contribution in [0.25, 0.3) is 0 Å². The highest BCUT2D eigenvalue weighted by Gasteiger charge is 2.17. The molecule has 2 aromatic rings. The number of ether oxygens (including phenoxy) is 1. The van der Waals surface area contributed by atoms with Crippen molar-refractivity contribution >= 4 is 11.8 Å². The lowest BCUT2D eigenvalue weighted by Crippen LogP contribution is -2.15. The van der Waals surface area contributed by atoms with Gasteiger partial charge in [0.1, 0.15) is 22.9 Å². The van der Waals surface area contributed by atoms with Gasteiger partial charge in [-0.1, -0.05) is 12.1 Å². The molecule has 2 aromatic carbocycles. The van der Waals surface area contributed by atoms with E-state index in [-0.39, 0.29) is 16.9 Å². The van der Waals surface area contributed by atoms with Crippen molar-refractivity contribution < 1.29 is 28.9 Å². The minimum Gasteiger partial charge on any atom is -0.508 e. The molecule has 0 fully saturated rings. The van der Waals surface area contributed by atoms with Crippen LogP contribution in [0.3, 0.4) is 0 Å². The minimum absolute atomic E-state index is 0.180. The summed E-state index contributed by atoms with van der Waals surface area (Å²) in [6.45, 7) is -0.653. The lowest BCUT2D eigenvalue weighted by molar-refractivity contribution is 0.0470. The average Bonchev–Trinajstić information content (AvgIpc) is 2.45. The van der Waals surface area contributed by atoms with Crippen molar-refractivity contribution in [2.45, 2.75) is 0 Å². The Morgan fingerprint density at radius 1 is 1.05 bits per heavy atom. The van der Waals surface area contributed by atoms with Gasteiger partial charge in [-0.25, -0.2) is 9.18 Å². The van der Waals surface area contributed by atoms with Gasteiger partial charge in [0, 0.05) is 6.07 Å². The van der Waals surface area contributed by atoms with Crippen molar-refractivity contribution in [1.29, 1.82) is 0 Å². The highest BCUT2D eigenvalue weighted by Crippen LogP contribution is 2.23. The molecule has 5 nitrogen and oxygen atoms in total. The van der Waals surface area contributed by atoms with Gasteiger partial charge < -0.3 is 14.9 Å². The fourth-order valence-electron chi connectivity index (χ4n) is 1.67. The summed E-state index contributed by atoms with van der Waals surface area (Å²) < 4.78 is 18.1. The van der Waals surface area contributed by atoms with Crippen molar-refractivity contribution in [2.75, 3.05) is 6.61 Å². The van der Waals surface area contributed by atoms with Gasteiger partial charge in [-0.3, -0.25) is 4.79 Å². The summed E-state index contributed by atoms with van der Waals surface area (Å²) in [5.41, 5.74) is -0.380. The Hall–Kier alpha value is -2.89. The van der Waals surface area contributed by atoms with E-state index < -0.39 is 29.9 Å². The zero-order chi connectivity index (χ0) is 15.4. The maximum absolute atomic E-state index is 13.4. The van der Waals surface area contributed by atoms with E-state index in [1.165, 1.54) is 24.3 Å². The Labute approximate surface area is 119 Å². The SMILES string of the molecule is O=C(OCC(=O)c1ccccc1F)c1ccc(O)cc1O. The molecule has 0 unspecified atom stereocenters. The van der Waals surface area contributed by atoms with Gasteiger partial charge >= 0.3 is 5.97 Å². The molecular weight excluding hydrogens is 279 g/mol. The molecule has 0 saturated heterocycles. The van der Waals surface area contributed by atoms with Crippen molar-refractivity contribution in [3.8, 4) is 11.5 Å². The second kappa shape index (κ2) is 6.04. The van der Waals surface area contributed by atoms with E-state index in [0.29, 0.717) is 0 Å². The number of hydrogen-bond acceptors (Lipinski definition) is 5. The molecule has 6 heteroatoms. The number of ketones is 1. The average molecular weight is 290 g/mol. The molecule has 0 atom stereocenters. The summed E-state index contributed by atoms with van der Waals surface area (Å²) in [5, 5.41) is 18.6. The first-order valence-corrected chi connectivity index (χ1v) is 5.96. The van der Waals surface area contributed by atoms with E-state index in [2.05, 4.69) is 0 Å². The predicted molar refractivity (Wildman–Crippen MR) is 70.8 cm³/mol. The van der Waals surface area contributed by atoms with Gasteiger partial charge in [0.05, 0.1) is 5.56 Å². The molecule has 2 rings (SSSR count). The molecule has 0 saturated carbocycles. The van der Waals surface area contributed by atoms with Crippen LogP contribution in [0.15, 0.2) is 42.5 Å². The molecule has 108 valence electrons. The fourth-order valence-corrected chi connectivity index (χ4v) is 1.67. The standard InChI is InChI=1S/C15H11FO5/c16-12-4-2-1-3-10(12)14(19)8-21-15(20)11-6-5-9(17)7-13(11)18/h1-7,17-18H,8H2. The van der Waals surface area contributed by atoms with Crippen molar-refractivity contribution in [3.63, 3.8) is 0 Å². The molecule has 2 N–H and O–H groups in total. The van der Waals surface area contributed by atoms with Crippen LogP contribution in [-0.4, -0.2) is 28.6 Å². The monoisotopic (exact) mass is 290 g/mol. The van der Waals surface area contributed by atoms with Gasteiger partial charge in [-0.05, 0) is 24.3 Å². The van der Waals surface area contributed by atoms with Crippen molar-refractivity contribution in [3.05, 3.63) is 59.4 Å². The first kappa shape index (κ1) is 14.5. The summed E-state index contributed by atoms with van der Waals surface area (Å²) in [4.78, 5) is 23.4. The Kier molecular flexibility index (Phi) is 4.18. The van der Waals surface area contributed by atoms with Gasteiger partial charge in [-0.2, -0.15) is 0 Å². The van der Waals surface area contributed by atoms with E-state index in [1.54, 1.807) is 0 Å². The van der Waals surface area contributed by atoms with E-state index in [1.807, 2.05) is 0 Å². The molecule has 0 aliphatic rings. The number of halogens is 1. The lowest BCUT2D eigenvalue weighted by Gasteiger charge is -2.06. The number of rotatable bonds is 4. The van der Waals surface area contributed by atoms with Gasteiger partial charge in [0.2, 0.25) is 5.78 Å². The third-order valence-electron chi connectivity index (χ3n) is 2.71. The minimum atomic E-state index is -0.947. The second-order valence-electron chi connectivity index (χ2n) is 4.18. The topological polar surface area (TPSA) is 83.8 Å². The van der Waals surface area contributed by atoms with Crippen LogP contribution in [-0.2, 0) is 4.74 Å². The number of phenols is 2. The summed E-state index contributed by atoms with van der Waals surface area (Å²) in [7, 11) is 0. The van der Waals surface area contributed by atoms with Gasteiger partial charge in [0.25, 0.3) is 0 Å². The van der Waals surface area contributed by atoms with Crippen molar-refractivity contribution in [2.24, 2.45) is 0 Å². The van der Waals surface area contributed by atoms with Crippen LogP contribution in [0.2, 0.25) is 0 Å². The van der Waals surface area contributed by atoms with Crippen LogP contribution < -0.4 is 0 Å². The Morgan fingerprint density at radius 3 is 2.43 bits per heavy atom. The molecule has 0 bridgehead atoms. The van der Waals surface area contributed by atoms with Crippen LogP contribution in [0.1, 0.15) is 20.7 Å². The third-order valence-corrected chi connectivity index (χ3v) is 2.71. The van der Waals surface area contributed by atoms with E-state index in [4.69, 9.17) is 9.84 Å². The number of phenolic OH excluding ortho intramolecular Hbond substituents is 2. The molecule has 0 spiro atoms. The molecule has 0 amide bonds. The summed E-state index contributed by atoms with van der Waals surface area (Å²) >= 11 is 0. The molecule has 0 aliphatic heterocycles. The maximum atomic E-state index is 13.4. The van der Waals surface area contributed by atoms with Crippen molar-refractivity contribution in [1.82, 2.24) is 0 Å². The summed E-state index contributed by atoms with van der Waals surface area (Å²) in [6, 6.07) is 8.64. The van der Waals surface area contributed by atoms with Crippen LogP contribution in [0, 0.1) is 5.82 Å². The number of hydrogen-bond donors (Lipinski definition) is 2. The van der Waals surface area contributed by atoms with Crippen LogP contribution in [0.5, 0.6) is 11.5 Å². The number of esters is 1. The smallest absolute Gasteiger partial charge is 0.342 e. The number of carbonyl (C=O) groups excluding carboxylic acids is 2. The Balaban J connectivity index is 2.04. The lowest BCUT2D eigenvalue weighted by atomic mass is 10.1. The second-order valence-corrected chi connectivity index (χ2v) is 4.18. The zero-order valence-electron chi connectivity index (χ0n) is 10.7. The maximum Gasteiger partial charge on any atom is 0.342 e. The molecule has 0 radical (unpaired) electrons. The largest absolute Gasteiger partial charge is 0.508 e. The fraction of sp³-hybridized carbons (Fsp3) is 0.0667. The number of benzene rings is 2. The number of carbonyl (C=O) groups is 2. The third kappa shape index (κ3) is 3.36. The van der Waals surface area contributed by atoms with Crippen LogP contribution >= 0.6 is 0 Å². The van der Waals surface area contributed by atoms with Gasteiger partial charge in [0.15, 0.2) is 6.61 Å². The van der Waals surface area contributed by atoms with Crippen LogP contribution in [0.4, 0.5) is 4.39 Å². The highest BCUT2D eigenvalue weighted by atomic mass is 19.1. The Morgan fingerprint density at radius 2 is 1.76 bits per heavy atom. The first-order valence-electron chi connectivity index (χ1n) is 5.96. The van der Waals surface area contributed by atoms with E-state index >= 15 is 0 Å². The molecule has 0 aliphatic carbocycles. The number of Topliss-reactive ketones (excluding diaryl/α,β-unsaturated/α-hetero) is 1. The molecule has 0 aromatic heterocycles. The Bertz CT molecular complexity index is 696. The predicted octanol–water partition coefficient (Wildman–Crippen LogP) is 2.28. The summed E-state index contributed by atoms with van der Waals surface area (Å²) in [6.07, 6.45) is 0. The van der Waals surface area contributed by atoms with E-state index in [9.17, 15) is 19.1 Å². The number of aromatic hydroxyl groups is 2. The normalized spacial score (nSPS) is 10.1. The molecule has 0 heterocycles. The zero-order valence-corrected chi connectivity index (χ0v) is 10.7. The quantitative estimate of drug-likeness (QED) is 0.666.